The van der Waals surface area contributed by atoms with Gasteiger partial charge in [-0.05, 0) is 18.2 Å². The first-order valence-corrected chi connectivity index (χ1v) is 11.2. The Hall–Kier alpha value is -4.09. The molecule has 1 aliphatic rings. The van der Waals surface area contributed by atoms with E-state index in [9.17, 15) is 28.6 Å². The van der Waals surface area contributed by atoms with Crippen LogP contribution in [0.5, 0.6) is 0 Å². The first kappa shape index (κ1) is 22.1. The summed E-state index contributed by atoms with van der Waals surface area (Å²) in [5.74, 6) is 0. The van der Waals surface area contributed by atoms with Gasteiger partial charge in [0.2, 0.25) is 9.84 Å². The maximum absolute atomic E-state index is 13.4. The number of benzene rings is 3. The van der Waals surface area contributed by atoms with Gasteiger partial charge < -0.3 is 4.74 Å². The van der Waals surface area contributed by atoms with Crippen molar-refractivity contribution >= 4 is 21.2 Å². The highest BCUT2D eigenvalue weighted by Crippen LogP contribution is 2.41. The molecule has 4 rings (SSSR count). The van der Waals surface area contributed by atoms with Crippen LogP contribution >= 0.6 is 0 Å². The van der Waals surface area contributed by atoms with Gasteiger partial charge in [0, 0.05) is 12.1 Å². The van der Waals surface area contributed by atoms with Crippen LogP contribution in [0.4, 0.5) is 11.4 Å². The lowest BCUT2D eigenvalue weighted by Crippen LogP contribution is -2.35. The van der Waals surface area contributed by atoms with Crippen LogP contribution in [-0.2, 0) is 14.6 Å². The quantitative estimate of drug-likeness (QED) is 0.420. The average molecular weight is 467 g/mol. The number of hydrogen-bond donors (Lipinski definition) is 1. The van der Waals surface area contributed by atoms with Crippen molar-refractivity contribution < 1.29 is 23.0 Å². The van der Waals surface area contributed by atoms with E-state index in [-0.39, 0.29) is 32.3 Å². The summed E-state index contributed by atoms with van der Waals surface area (Å²) in [6.07, 6.45) is -0.118. The predicted octanol–water partition coefficient (Wildman–Crippen LogP) is 4.18. The second-order valence-electron chi connectivity index (χ2n) is 7.08. The van der Waals surface area contributed by atoms with Crippen molar-refractivity contribution in [2.24, 2.45) is 0 Å². The molecule has 2 unspecified atom stereocenters. The van der Waals surface area contributed by atoms with E-state index in [0.717, 1.165) is 6.26 Å². The number of para-hydroxylation sites is 2. The van der Waals surface area contributed by atoms with Gasteiger partial charge in [-0.25, -0.2) is 8.42 Å². The number of nitro groups is 2. The maximum Gasteiger partial charge on any atom is 0.277 e. The van der Waals surface area contributed by atoms with Crippen LogP contribution in [0.2, 0.25) is 0 Å². The third-order valence-electron chi connectivity index (χ3n) is 5.15. The van der Waals surface area contributed by atoms with Gasteiger partial charge in [0.15, 0.2) is 6.23 Å². The molecule has 3 aromatic carbocycles. The average Bonchev–Trinajstić information content (AvgIpc) is 2.84. The molecule has 0 bridgehead atoms. The molecule has 3 aromatic rings. The molecule has 1 heterocycles. The molecule has 10 nitrogen and oxygen atoms in total. The zero-order valence-electron chi connectivity index (χ0n) is 16.9. The summed E-state index contributed by atoms with van der Waals surface area (Å²) in [7, 11) is -4.12. The molecule has 168 valence electrons. The van der Waals surface area contributed by atoms with Gasteiger partial charge in [0.05, 0.1) is 31.9 Å². The normalized spacial score (nSPS) is 18.1. The van der Waals surface area contributed by atoms with Gasteiger partial charge in [0.1, 0.15) is 11.2 Å². The second kappa shape index (κ2) is 8.81. The predicted molar refractivity (Wildman–Crippen MR) is 118 cm³/mol. The second-order valence-corrected chi connectivity index (χ2v) is 9.03. The molecular weight excluding hydrogens is 450 g/mol. The van der Waals surface area contributed by atoms with E-state index in [2.05, 4.69) is 5.32 Å². The molecule has 0 aliphatic carbocycles. The molecule has 0 radical (unpaired) electrons. The van der Waals surface area contributed by atoms with Crippen LogP contribution in [-0.4, -0.2) is 18.3 Å². The van der Waals surface area contributed by atoms with Crippen molar-refractivity contribution in [1.82, 2.24) is 5.32 Å². The summed E-state index contributed by atoms with van der Waals surface area (Å²) in [4.78, 5) is 21.7. The number of rotatable bonds is 6. The highest BCUT2D eigenvalue weighted by Gasteiger charge is 2.39. The molecule has 0 saturated heterocycles. The lowest BCUT2D eigenvalue weighted by Gasteiger charge is -2.31. The number of sulfone groups is 1. The topological polar surface area (TPSA) is 142 Å². The summed E-state index contributed by atoms with van der Waals surface area (Å²) in [5.41, 5.74) is -0.301. The third-order valence-corrected chi connectivity index (χ3v) is 6.99. The van der Waals surface area contributed by atoms with Crippen LogP contribution in [0.15, 0.2) is 94.9 Å². The number of nitrogens with zero attached hydrogens (tertiary/aromatic N) is 2. The lowest BCUT2D eigenvalue weighted by atomic mass is 10.0. The van der Waals surface area contributed by atoms with Gasteiger partial charge in [0.25, 0.3) is 11.4 Å². The Labute approximate surface area is 188 Å². The fraction of sp³-hybridized carbons (Fsp3) is 0.0909. The fourth-order valence-corrected chi connectivity index (χ4v) is 5.08. The van der Waals surface area contributed by atoms with Crippen LogP contribution in [0.1, 0.15) is 23.4 Å². The van der Waals surface area contributed by atoms with E-state index in [4.69, 9.17) is 4.74 Å². The largest absolute Gasteiger partial charge is 0.477 e. The lowest BCUT2D eigenvalue weighted by molar-refractivity contribution is -0.386. The molecule has 1 aliphatic heterocycles. The Morgan fingerprint density at radius 1 is 0.758 bits per heavy atom. The smallest absolute Gasteiger partial charge is 0.277 e. The molecule has 0 aromatic heterocycles. The van der Waals surface area contributed by atoms with Crippen molar-refractivity contribution in [3.63, 3.8) is 0 Å². The number of hydrogen-bond acceptors (Lipinski definition) is 8. The van der Waals surface area contributed by atoms with E-state index in [1.165, 1.54) is 48.5 Å². The third kappa shape index (κ3) is 4.19. The zero-order valence-corrected chi connectivity index (χ0v) is 17.7. The number of nitrogens with one attached hydrogen (secondary N) is 1. The maximum atomic E-state index is 13.4. The highest BCUT2D eigenvalue weighted by atomic mass is 32.2. The summed E-state index contributed by atoms with van der Waals surface area (Å²) in [6.45, 7) is 0. The summed E-state index contributed by atoms with van der Waals surface area (Å²) >= 11 is 0. The van der Waals surface area contributed by atoms with Crippen LogP contribution in [0.3, 0.4) is 0 Å². The first-order chi connectivity index (χ1) is 15.8. The van der Waals surface area contributed by atoms with Crippen molar-refractivity contribution in [3.8, 4) is 0 Å². The Bertz CT molecular complexity index is 1360. The van der Waals surface area contributed by atoms with Gasteiger partial charge in [-0.3, -0.25) is 25.5 Å². The fourth-order valence-electron chi connectivity index (χ4n) is 3.61. The Morgan fingerprint density at radius 2 is 1.27 bits per heavy atom. The molecule has 2 atom stereocenters. The Balaban J connectivity index is 1.88. The van der Waals surface area contributed by atoms with Gasteiger partial charge >= 0.3 is 0 Å². The van der Waals surface area contributed by atoms with E-state index in [1.54, 1.807) is 30.3 Å². The Morgan fingerprint density at radius 3 is 1.88 bits per heavy atom. The van der Waals surface area contributed by atoms with Crippen molar-refractivity contribution in [1.29, 1.82) is 0 Å². The molecule has 11 heteroatoms. The summed E-state index contributed by atoms with van der Waals surface area (Å²) < 4.78 is 32.4. The number of nitro benzene ring substituents is 2. The minimum atomic E-state index is -4.12. The molecular formula is C22H17N3O7S. The van der Waals surface area contributed by atoms with Crippen LogP contribution in [0.25, 0.3) is 0 Å². The summed E-state index contributed by atoms with van der Waals surface area (Å²) in [5, 5.41) is 26.1. The highest BCUT2D eigenvalue weighted by molar-refractivity contribution is 7.95. The van der Waals surface area contributed by atoms with E-state index >= 15 is 0 Å². The minimum absolute atomic E-state index is 0.0191. The minimum Gasteiger partial charge on any atom is -0.477 e. The molecule has 0 amide bonds. The van der Waals surface area contributed by atoms with Gasteiger partial charge in [-0.2, -0.15) is 0 Å². The van der Waals surface area contributed by atoms with E-state index in [0.29, 0.717) is 0 Å². The number of ether oxygens (including phenoxy) is 1. The van der Waals surface area contributed by atoms with Gasteiger partial charge in [-0.15, -0.1) is 0 Å². The molecule has 33 heavy (non-hydrogen) atoms. The van der Waals surface area contributed by atoms with E-state index in [1.807, 2.05) is 0 Å². The van der Waals surface area contributed by atoms with Gasteiger partial charge in [-0.1, -0.05) is 48.5 Å². The SMILES string of the molecule is O=[N+]([O-])c1ccccc1C1NC(c2ccccc2[N+](=O)[O-])C(S(=O)(=O)c2ccccc2)=CO1. The van der Waals surface area contributed by atoms with Crippen molar-refractivity contribution in [2.75, 3.05) is 0 Å². The van der Waals surface area contributed by atoms with Crippen molar-refractivity contribution in [3.05, 3.63) is 121 Å². The van der Waals surface area contributed by atoms with Crippen LogP contribution < -0.4 is 5.32 Å². The zero-order chi connectivity index (χ0) is 23.6. The molecule has 0 spiro atoms. The standard InChI is InChI=1S/C22H17N3O7S/c26-24(27)18-12-6-4-10-16(18)21-20(33(30,31)15-8-2-1-3-9-15)14-32-22(23-21)17-11-5-7-13-19(17)25(28)29/h1-14,21-23H. The van der Waals surface area contributed by atoms with Crippen molar-refractivity contribution in [2.45, 2.75) is 17.2 Å². The van der Waals surface area contributed by atoms with E-state index < -0.39 is 32.0 Å². The Kier molecular flexibility index (Phi) is 5.90. The summed E-state index contributed by atoms with van der Waals surface area (Å²) in [6, 6.07) is 17.9. The molecule has 0 saturated carbocycles. The monoisotopic (exact) mass is 467 g/mol. The first-order valence-electron chi connectivity index (χ1n) is 9.69. The molecule has 0 fully saturated rings. The van der Waals surface area contributed by atoms with Crippen LogP contribution in [0, 0.1) is 20.2 Å². The molecule has 1 N–H and O–H groups in total.